The fourth-order valence-corrected chi connectivity index (χ4v) is 3.17. The van der Waals surface area contributed by atoms with Crippen molar-refractivity contribution in [3.8, 4) is 0 Å². The number of anilines is 1. The highest BCUT2D eigenvalue weighted by Gasteiger charge is 2.19. The Hall–Kier alpha value is -1.88. The highest BCUT2D eigenvalue weighted by molar-refractivity contribution is 5.30. The number of hydrogen-bond acceptors (Lipinski definition) is 4. The number of aryl methyl sites for hydroxylation is 1. The van der Waals surface area contributed by atoms with Crippen LogP contribution < -0.4 is 4.90 Å². The molecule has 3 rings (SSSR count). The van der Waals surface area contributed by atoms with Crippen molar-refractivity contribution in [2.24, 2.45) is 0 Å². The fraction of sp³-hybridized carbons (Fsp3) is 0.579. The largest absolute Gasteiger partial charge is 0.351 e. The third-order valence-electron chi connectivity index (χ3n) is 4.66. The Morgan fingerprint density at radius 2 is 1.75 bits per heavy atom. The molecule has 0 bridgehead atoms. The van der Waals surface area contributed by atoms with Gasteiger partial charge in [-0.3, -0.25) is 4.90 Å². The normalized spacial score (nSPS) is 16.1. The topological polar surface area (TPSA) is 37.2 Å². The Morgan fingerprint density at radius 1 is 1.04 bits per heavy atom. The van der Waals surface area contributed by atoms with Gasteiger partial charge in [0.2, 0.25) is 5.95 Å². The first-order valence-corrected chi connectivity index (χ1v) is 9.10. The van der Waals surface area contributed by atoms with Crippen LogP contribution in [0.25, 0.3) is 0 Å². The highest BCUT2D eigenvalue weighted by Crippen LogP contribution is 2.15. The van der Waals surface area contributed by atoms with Gasteiger partial charge in [0, 0.05) is 63.6 Å². The van der Waals surface area contributed by atoms with Gasteiger partial charge in [-0.2, -0.15) is 0 Å². The Bertz CT molecular complexity index is 623. The first kappa shape index (κ1) is 17.0. The lowest BCUT2D eigenvalue weighted by Crippen LogP contribution is -2.46. The zero-order valence-electron chi connectivity index (χ0n) is 15.1. The molecule has 1 aliphatic heterocycles. The number of hydrogen-bond donors (Lipinski definition) is 0. The van der Waals surface area contributed by atoms with Crippen molar-refractivity contribution in [2.75, 3.05) is 31.1 Å². The van der Waals surface area contributed by atoms with Gasteiger partial charge in [-0.05, 0) is 37.5 Å². The predicted octanol–water partition coefficient (Wildman–Crippen LogP) is 3.13. The Morgan fingerprint density at radius 3 is 2.33 bits per heavy atom. The van der Waals surface area contributed by atoms with Crippen LogP contribution in [-0.4, -0.2) is 45.6 Å². The summed E-state index contributed by atoms with van der Waals surface area (Å²) in [7, 11) is 0. The number of aromatic nitrogens is 3. The van der Waals surface area contributed by atoms with E-state index < -0.39 is 0 Å². The smallest absolute Gasteiger partial charge is 0.225 e. The Balaban J connectivity index is 1.51. The second kappa shape index (κ2) is 7.79. The summed E-state index contributed by atoms with van der Waals surface area (Å²) in [6.45, 7) is 11.8. The van der Waals surface area contributed by atoms with Crippen LogP contribution in [0.2, 0.25) is 0 Å². The first-order valence-electron chi connectivity index (χ1n) is 9.10. The zero-order chi connectivity index (χ0) is 16.9. The lowest BCUT2D eigenvalue weighted by Gasteiger charge is -2.34. The lowest BCUT2D eigenvalue weighted by atomic mass is 10.2. The lowest BCUT2D eigenvalue weighted by molar-refractivity contribution is 0.248. The predicted molar refractivity (Wildman–Crippen MR) is 98.3 cm³/mol. The maximum absolute atomic E-state index is 4.55. The van der Waals surface area contributed by atoms with E-state index in [4.69, 9.17) is 0 Å². The molecule has 0 saturated carbocycles. The third-order valence-corrected chi connectivity index (χ3v) is 4.66. The summed E-state index contributed by atoms with van der Waals surface area (Å²) < 4.78 is 2.28. The summed E-state index contributed by atoms with van der Waals surface area (Å²) in [5.41, 5.74) is 2.63. The molecule has 0 amide bonds. The monoisotopic (exact) mass is 327 g/mol. The summed E-state index contributed by atoms with van der Waals surface area (Å²) in [4.78, 5) is 13.9. The van der Waals surface area contributed by atoms with E-state index in [1.807, 2.05) is 12.4 Å². The summed E-state index contributed by atoms with van der Waals surface area (Å²) in [5, 5.41) is 0. The molecule has 5 heteroatoms. The maximum atomic E-state index is 4.55. The third kappa shape index (κ3) is 4.15. The van der Waals surface area contributed by atoms with Gasteiger partial charge in [-0.1, -0.05) is 13.3 Å². The maximum Gasteiger partial charge on any atom is 0.225 e. The molecule has 0 atom stereocenters. The van der Waals surface area contributed by atoms with Crippen LogP contribution in [0.3, 0.4) is 0 Å². The Kier molecular flexibility index (Phi) is 5.51. The van der Waals surface area contributed by atoms with Crippen molar-refractivity contribution in [2.45, 2.75) is 46.2 Å². The van der Waals surface area contributed by atoms with Crippen LogP contribution in [0.5, 0.6) is 0 Å². The average molecular weight is 327 g/mol. The van der Waals surface area contributed by atoms with E-state index in [-0.39, 0.29) is 0 Å². The Labute approximate surface area is 145 Å². The molecule has 130 valence electrons. The molecule has 0 spiro atoms. The average Bonchev–Trinajstić information content (AvgIpc) is 3.06. The quantitative estimate of drug-likeness (QED) is 0.817. The molecule has 3 heterocycles. The van der Waals surface area contributed by atoms with E-state index >= 15 is 0 Å². The number of nitrogens with zero attached hydrogens (tertiary/aromatic N) is 5. The number of piperazine rings is 1. The van der Waals surface area contributed by atoms with Gasteiger partial charge in [-0.15, -0.1) is 0 Å². The van der Waals surface area contributed by atoms with Crippen molar-refractivity contribution in [1.29, 1.82) is 0 Å². The molecule has 1 aliphatic rings. The van der Waals surface area contributed by atoms with Crippen LogP contribution in [0.1, 0.15) is 44.4 Å². The molecule has 1 fully saturated rings. The molecular weight excluding hydrogens is 298 g/mol. The highest BCUT2D eigenvalue weighted by atomic mass is 15.3. The van der Waals surface area contributed by atoms with Crippen molar-refractivity contribution in [3.05, 3.63) is 42.0 Å². The van der Waals surface area contributed by atoms with Gasteiger partial charge < -0.3 is 9.47 Å². The van der Waals surface area contributed by atoms with E-state index in [2.05, 4.69) is 63.6 Å². The van der Waals surface area contributed by atoms with Crippen LogP contribution in [0.15, 0.2) is 30.9 Å². The molecular formula is C19H29N5. The molecule has 24 heavy (non-hydrogen) atoms. The second-order valence-corrected chi connectivity index (χ2v) is 6.97. The molecule has 5 nitrogen and oxygen atoms in total. The first-order chi connectivity index (χ1) is 11.7. The van der Waals surface area contributed by atoms with Crippen molar-refractivity contribution >= 4 is 5.95 Å². The van der Waals surface area contributed by atoms with E-state index in [1.54, 1.807) is 0 Å². The van der Waals surface area contributed by atoms with Crippen LogP contribution in [-0.2, 0) is 13.0 Å². The fourth-order valence-electron chi connectivity index (χ4n) is 3.17. The molecule has 2 aromatic rings. The number of rotatable bonds is 6. The minimum atomic E-state index is 0.531. The van der Waals surface area contributed by atoms with E-state index in [1.165, 1.54) is 11.1 Å². The van der Waals surface area contributed by atoms with Crippen molar-refractivity contribution < 1.29 is 0 Å². The van der Waals surface area contributed by atoms with Gasteiger partial charge in [0.05, 0.1) is 0 Å². The minimum absolute atomic E-state index is 0.531. The van der Waals surface area contributed by atoms with Gasteiger partial charge >= 0.3 is 0 Å². The molecule has 0 aliphatic carbocycles. The van der Waals surface area contributed by atoms with Gasteiger partial charge in [-0.25, -0.2) is 9.97 Å². The van der Waals surface area contributed by atoms with Crippen LogP contribution in [0, 0.1) is 0 Å². The second-order valence-electron chi connectivity index (χ2n) is 6.97. The van der Waals surface area contributed by atoms with Crippen LogP contribution >= 0.6 is 0 Å². The van der Waals surface area contributed by atoms with Gasteiger partial charge in [0.1, 0.15) is 0 Å². The molecule has 2 aromatic heterocycles. The van der Waals surface area contributed by atoms with Gasteiger partial charge in [0.25, 0.3) is 0 Å². The van der Waals surface area contributed by atoms with E-state index in [0.29, 0.717) is 6.04 Å². The van der Waals surface area contributed by atoms with Crippen LogP contribution in [0.4, 0.5) is 5.95 Å². The minimum Gasteiger partial charge on any atom is -0.351 e. The summed E-state index contributed by atoms with van der Waals surface area (Å²) in [5.74, 6) is 0.875. The van der Waals surface area contributed by atoms with E-state index in [0.717, 1.165) is 51.5 Å². The molecule has 0 aromatic carbocycles. The van der Waals surface area contributed by atoms with Crippen molar-refractivity contribution in [3.63, 3.8) is 0 Å². The summed E-state index contributed by atoms with van der Waals surface area (Å²) in [6.07, 6.45) is 10.6. The molecule has 1 saturated heterocycles. The SMILES string of the molecule is CCCc1cnc(N2CCN(Cc3ccn(C(C)C)c3)CC2)nc1. The standard InChI is InChI=1S/C19H29N5/c1-4-5-17-12-20-19(21-13-17)23-10-8-22(9-11-23)14-18-6-7-24(15-18)16(2)3/h6-7,12-13,15-16H,4-5,8-11,14H2,1-3H3. The van der Waals surface area contributed by atoms with E-state index in [9.17, 15) is 0 Å². The molecule has 0 unspecified atom stereocenters. The summed E-state index contributed by atoms with van der Waals surface area (Å²) >= 11 is 0. The zero-order valence-corrected chi connectivity index (χ0v) is 15.1. The molecule has 0 radical (unpaired) electrons. The van der Waals surface area contributed by atoms with Crippen molar-refractivity contribution in [1.82, 2.24) is 19.4 Å². The van der Waals surface area contributed by atoms with Gasteiger partial charge in [0.15, 0.2) is 0 Å². The summed E-state index contributed by atoms with van der Waals surface area (Å²) in [6, 6.07) is 2.77. The molecule has 0 N–H and O–H groups in total.